The van der Waals surface area contributed by atoms with Crippen molar-refractivity contribution in [1.82, 2.24) is 10.3 Å². The van der Waals surface area contributed by atoms with Crippen molar-refractivity contribution in [2.75, 3.05) is 0 Å². The molecule has 1 aliphatic rings. The Balaban J connectivity index is 2.15. The van der Waals surface area contributed by atoms with Crippen LogP contribution < -0.4 is 5.32 Å². The Kier molecular flexibility index (Phi) is 4.12. The highest BCUT2D eigenvalue weighted by molar-refractivity contribution is 9.11. The third kappa shape index (κ3) is 3.26. The molecule has 1 amide bonds. The number of aromatic nitrogens is 1. The zero-order valence-electron chi connectivity index (χ0n) is 8.91. The van der Waals surface area contributed by atoms with E-state index >= 15 is 0 Å². The largest absolute Gasteiger partial charge is 0.321 e. The van der Waals surface area contributed by atoms with E-state index in [0.717, 1.165) is 27.5 Å². The third-order valence-electron chi connectivity index (χ3n) is 2.32. The summed E-state index contributed by atoms with van der Waals surface area (Å²) < 4.78 is 1.81. The molecule has 0 atom stereocenters. The molecule has 0 radical (unpaired) electrons. The first-order valence-corrected chi connectivity index (χ1v) is 6.72. The van der Waals surface area contributed by atoms with E-state index < -0.39 is 0 Å². The van der Waals surface area contributed by atoms with Crippen LogP contribution in [0.4, 0.5) is 0 Å². The van der Waals surface area contributed by atoms with Gasteiger partial charge in [0.25, 0.3) is 5.91 Å². The maximum atomic E-state index is 11.9. The first-order chi connectivity index (χ1) is 8.16. The molecule has 1 heterocycles. The van der Waals surface area contributed by atoms with Crippen LogP contribution in [0.15, 0.2) is 45.3 Å². The van der Waals surface area contributed by atoms with Crippen LogP contribution >= 0.6 is 31.9 Å². The van der Waals surface area contributed by atoms with Crippen molar-refractivity contribution in [2.24, 2.45) is 0 Å². The number of hydrogen-bond acceptors (Lipinski definition) is 2. The lowest BCUT2D eigenvalue weighted by Gasteiger charge is -2.12. The molecule has 1 N–H and O–H groups in total. The average Bonchev–Trinajstić information content (AvgIpc) is 2.32. The van der Waals surface area contributed by atoms with Crippen molar-refractivity contribution in [3.63, 3.8) is 0 Å². The topological polar surface area (TPSA) is 42.0 Å². The van der Waals surface area contributed by atoms with E-state index in [1.165, 1.54) is 0 Å². The molecular weight excluding hydrogens is 348 g/mol. The van der Waals surface area contributed by atoms with Crippen molar-refractivity contribution in [1.29, 1.82) is 0 Å². The smallest absolute Gasteiger partial charge is 0.257 e. The van der Waals surface area contributed by atoms with Gasteiger partial charge in [-0.2, -0.15) is 0 Å². The highest BCUT2D eigenvalue weighted by atomic mass is 79.9. The Hall–Kier alpha value is -0.940. The van der Waals surface area contributed by atoms with E-state index in [1.54, 1.807) is 18.5 Å². The lowest BCUT2D eigenvalue weighted by atomic mass is 10.1. The number of hydrogen-bond donors (Lipinski definition) is 1. The molecule has 0 fully saturated rings. The molecule has 0 aliphatic heterocycles. The highest BCUT2D eigenvalue weighted by Gasteiger charge is 2.11. The normalized spacial score (nSPS) is 14.9. The monoisotopic (exact) mass is 356 g/mol. The van der Waals surface area contributed by atoms with Gasteiger partial charge < -0.3 is 5.32 Å². The molecule has 17 heavy (non-hydrogen) atoms. The first-order valence-electron chi connectivity index (χ1n) is 5.14. The summed E-state index contributed by atoms with van der Waals surface area (Å²) >= 11 is 6.75. The summed E-state index contributed by atoms with van der Waals surface area (Å²) in [5.74, 6) is -0.155. The molecular formula is C12H10Br2N2O. The second-order valence-electron chi connectivity index (χ2n) is 3.61. The number of carbonyl (C=O) groups excluding carboxylic acids is 1. The number of amides is 1. The number of allylic oxidation sites excluding steroid dienone is 3. The van der Waals surface area contributed by atoms with Gasteiger partial charge in [-0.25, -0.2) is 0 Å². The fourth-order valence-corrected chi connectivity index (χ4v) is 2.30. The molecule has 1 aromatic rings. The van der Waals surface area contributed by atoms with Gasteiger partial charge >= 0.3 is 0 Å². The minimum Gasteiger partial charge on any atom is -0.321 e. The number of pyridine rings is 1. The maximum Gasteiger partial charge on any atom is 0.257 e. The SMILES string of the molecule is O=C(NC1=C(Br)CCC=C1)c1cncc(Br)c1. The van der Waals surface area contributed by atoms with Gasteiger partial charge in [-0.15, -0.1) is 0 Å². The second-order valence-corrected chi connectivity index (χ2v) is 5.48. The predicted octanol–water partition coefficient (Wildman–Crippen LogP) is 3.53. The van der Waals surface area contributed by atoms with Crippen LogP contribution in [0.2, 0.25) is 0 Å². The van der Waals surface area contributed by atoms with Gasteiger partial charge in [-0.1, -0.05) is 22.0 Å². The Bertz CT molecular complexity index is 509. The number of carbonyl (C=O) groups is 1. The van der Waals surface area contributed by atoms with Crippen LogP contribution in [-0.4, -0.2) is 10.9 Å². The fourth-order valence-electron chi connectivity index (χ4n) is 1.48. The van der Waals surface area contributed by atoms with Gasteiger partial charge in [0.15, 0.2) is 0 Å². The van der Waals surface area contributed by atoms with Gasteiger partial charge in [0.2, 0.25) is 0 Å². The zero-order chi connectivity index (χ0) is 12.3. The van der Waals surface area contributed by atoms with E-state index in [-0.39, 0.29) is 5.91 Å². The van der Waals surface area contributed by atoms with Gasteiger partial charge in [0.1, 0.15) is 0 Å². The third-order valence-corrected chi connectivity index (χ3v) is 3.58. The molecule has 0 saturated heterocycles. The zero-order valence-corrected chi connectivity index (χ0v) is 12.1. The molecule has 0 spiro atoms. The first kappa shape index (κ1) is 12.5. The van der Waals surface area contributed by atoms with Crippen molar-refractivity contribution in [3.8, 4) is 0 Å². The highest BCUT2D eigenvalue weighted by Crippen LogP contribution is 2.22. The van der Waals surface area contributed by atoms with Gasteiger partial charge in [0.05, 0.1) is 11.3 Å². The lowest BCUT2D eigenvalue weighted by Crippen LogP contribution is -2.23. The molecule has 1 aromatic heterocycles. The molecule has 0 saturated carbocycles. The quantitative estimate of drug-likeness (QED) is 0.879. The van der Waals surface area contributed by atoms with Crippen LogP contribution in [-0.2, 0) is 0 Å². The van der Waals surface area contributed by atoms with Crippen molar-refractivity contribution >= 4 is 37.8 Å². The van der Waals surface area contributed by atoms with Crippen LogP contribution in [0.5, 0.6) is 0 Å². The maximum absolute atomic E-state index is 11.9. The summed E-state index contributed by atoms with van der Waals surface area (Å²) in [6, 6.07) is 1.74. The van der Waals surface area contributed by atoms with E-state index in [4.69, 9.17) is 0 Å². The fraction of sp³-hybridized carbons (Fsp3) is 0.167. The molecule has 5 heteroatoms. The van der Waals surface area contributed by atoms with E-state index in [1.807, 2.05) is 12.2 Å². The Morgan fingerprint density at radius 1 is 1.35 bits per heavy atom. The van der Waals surface area contributed by atoms with Crippen LogP contribution in [0.1, 0.15) is 23.2 Å². The number of rotatable bonds is 2. The van der Waals surface area contributed by atoms with E-state index in [9.17, 15) is 4.79 Å². The molecule has 0 unspecified atom stereocenters. The van der Waals surface area contributed by atoms with Crippen molar-refractivity contribution in [2.45, 2.75) is 12.8 Å². The minimum absolute atomic E-state index is 0.155. The van der Waals surface area contributed by atoms with Crippen LogP contribution in [0, 0.1) is 0 Å². The summed E-state index contributed by atoms with van der Waals surface area (Å²) in [5, 5.41) is 2.86. The molecule has 2 rings (SSSR count). The molecule has 1 aliphatic carbocycles. The lowest BCUT2D eigenvalue weighted by molar-refractivity contribution is 0.0966. The Morgan fingerprint density at radius 3 is 2.88 bits per heavy atom. The van der Waals surface area contributed by atoms with Gasteiger partial charge in [-0.3, -0.25) is 9.78 Å². The summed E-state index contributed by atoms with van der Waals surface area (Å²) in [4.78, 5) is 15.9. The second kappa shape index (κ2) is 5.60. The average molecular weight is 358 g/mol. The standard InChI is InChI=1S/C12H10Br2N2O/c13-9-5-8(6-15-7-9)12(17)16-11-4-2-1-3-10(11)14/h2,4-7H,1,3H2,(H,16,17). The van der Waals surface area contributed by atoms with E-state index in [0.29, 0.717) is 5.56 Å². The minimum atomic E-state index is -0.155. The molecule has 88 valence electrons. The number of nitrogens with zero attached hydrogens (tertiary/aromatic N) is 1. The van der Waals surface area contributed by atoms with Crippen molar-refractivity contribution < 1.29 is 4.79 Å². The summed E-state index contributed by atoms with van der Waals surface area (Å²) in [6.45, 7) is 0. The summed E-state index contributed by atoms with van der Waals surface area (Å²) in [7, 11) is 0. The Labute approximate surface area is 116 Å². The molecule has 0 bridgehead atoms. The Morgan fingerprint density at radius 2 is 2.18 bits per heavy atom. The number of halogens is 2. The number of nitrogens with one attached hydrogen (secondary N) is 1. The van der Waals surface area contributed by atoms with Gasteiger partial charge in [-0.05, 0) is 40.9 Å². The molecule has 3 nitrogen and oxygen atoms in total. The van der Waals surface area contributed by atoms with Crippen molar-refractivity contribution in [3.05, 3.63) is 50.8 Å². The summed E-state index contributed by atoms with van der Waals surface area (Å²) in [5.41, 5.74) is 1.35. The van der Waals surface area contributed by atoms with Crippen LogP contribution in [0.25, 0.3) is 0 Å². The summed E-state index contributed by atoms with van der Waals surface area (Å²) in [6.07, 6.45) is 9.06. The molecule has 0 aromatic carbocycles. The predicted molar refractivity (Wildman–Crippen MR) is 73.7 cm³/mol. The van der Waals surface area contributed by atoms with Crippen LogP contribution in [0.3, 0.4) is 0 Å². The van der Waals surface area contributed by atoms with Gasteiger partial charge in [0, 0.05) is 21.3 Å². The van der Waals surface area contributed by atoms with E-state index in [2.05, 4.69) is 42.2 Å².